The molecule has 0 radical (unpaired) electrons. The topological polar surface area (TPSA) is 85.4 Å². The summed E-state index contributed by atoms with van der Waals surface area (Å²) >= 11 is 0. The SMILES string of the molecule is CCC(CC)CO/C=C/C=C\c1nc(C)c(C(=O)O)c(N)c1C. The van der Waals surface area contributed by atoms with Crippen molar-refractivity contribution < 1.29 is 14.6 Å². The molecule has 0 aromatic carbocycles. The quantitative estimate of drug-likeness (QED) is 0.560. The van der Waals surface area contributed by atoms with E-state index in [0.717, 1.165) is 12.8 Å². The molecule has 23 heavy (non-hydrogen) atoms. The number of anilines is 1. The minimum atomic E-state index is -1.05. The lowest BCUT2D eigenvalue weighted by Gasteiger charge is -2.10. The molecule has 1 aromatic rings. The van der Waals surface area contributed by atoms with Gasteiger partial charge in [-0.1, -0.05) is 32.8 Å². The molecule has 0 unspecified atom stereocenters. The molecule has 5 nitrogen and oxygen atoms in total. The number of rotatable bonds is 8. The van der Waals surface area contributed by atoms with E-state index < -0.39 is 5.97 Å². The van der Waals surface area contributed by atoms with Crippen LogP contribution in [0, 0.1) is 19.8 Å². The summed E-state index contributed by atoms with van der Waals surface area (Å²) in [7, 11) is 0. The van der Waals surface area contributed by atoms with E-state index in [2.05, 4.69) is 18.8 Å². The molecule has 0 aliphatic carbocycles. The van der Waals surface area contributed by atoms with E-state index in [9.17, 15) is 4.79 Å². The van der Waals surface area contributed by atoms with Gasteiger partial charge in [-0.2, -0.15) is 0 Å². The van der Waals surface area contributed by atoms with Crippen molar-refractivity contribution in [1.29, 1.82) is 0 Å². The molecule has 0 fully saturated rings. The monoisotopic (exact) mass is 318 g/mol. The minimum Gasteiger partial charge on any atom is -0.501 e. The summed E-state index contributed by atoms with van der Waals surface area (Å²) < 4.78 is 5.49. The molecule has 0 aliphatic heterocycles. The fraction of sp³-hybridized carbons (Fsp3) is 0.444. The Bertz CT molecular complexity index is 603. The highest BCUT2D eigenvalue weighted by Crippen LogP contribution is 2.23. The Hall–Kier alpha value is -2.30. The Morgan fingerprint density at radius 3 is 2.52 bits per heavy atom. The second kappa shape index (κ2) is 8.98. The van der Waals surface area contributed by atoms with Gasteiger partial charge < -0.3 is 15.6 Å². The molecule has 0 saturated heterocycles. The Morgan fingerprint density at radius 1 is 1.30 bits per heavy atom. The van der Waals surface area contributed by atoms with Crippen LogP contribution in [0.25, 0.3) is 6.08 Å². The van der Waals surface area contributed by atoms with Crippen molar-refractivity contribution in [1.82, 2.24) is 4.98 Å². The number of pyridine rings is 1. The molecular formula is C18H26N2O3. The van der Waals surface area contributed by atoms with Gasteiger partial charge in [0.2, 0.25) is 0 Å². The Balaban J connectivity index is 2.76. The number of hydrogen-bond donors (Lipinski definition) is 2. The zero-order valence-corrected chi connectivity index (χ0v) is 14.3. The second-order valence-electron chi connectivity index (χ2n) is 5.50. The lowest BCUT2D eigenvalue weighted by Crippen LogP contribution is -2.10. The number of ether oxygens (including phenoxy) is 1. The van der Waals surface area contributed by atoms with Crippen molar-refractivity contribution in [2.24, 2.45) is 5.92 Å². The van der Waals surface area contributed by atoms with Crippen molar-refractivity contribution in [2.45, 2.75) is 40.5 Å². The van der Waals surface area contributed by atoms with Crippen molar-refractivity contribution in [3.63, 3.8) is 0 Å². The van der Waals surface area contributed by atoms with Crippen LogP contribution in [0.5, 0.6) is 0 Å². The lowest BCUT2D eigenvalue weighted by molar-refractivity contribution is 0.0696. The number of allylic oxidation sites excluding steroid dienone is 2. The van der Waals surface area contributed by atoms with Gasteiger partial charge in [0.1, 0.15) is 5.56 Å². The number of hydrogen-bond acceptors (Lipinski definition) is 4. The van der Waals surface area contributed by atoms with Crippen molar-refractivity contribution >= 4 is 17.7 Å². The Kier molecular flexibility index (Phi) is 7.32. The van der Waals surface area contributed by atoms with Crippen LogP contribution in [-0.2, 0) is 4.74 Å². The van der Waals surface area contributed by atoms with Gasteiger partial charge in [0.15, 0.2) is 0 Å². The zero-order valence-electron chi connectivity index (χ0n) is 14.3. The van der Waals surface area contributed by atoms with E-state index in [0.29, 0.717) is 29.5 Å². The third kappa shape index (κ3) is 5.13. The smallest absolute Gasteiger partial charge is 0.339 e. The molecule has 0 bridgehead atoms. The summed E-state index contributed by atoms with van der Waals surface area (Å²) in [5.41, 5.74) is 7.97. The maximum Gasteiger partial charge on any atom is 0.339 e. The maximum absolute atomic E-state index is 11.2. The van der Waals surface area contributed by atoms with Crippen molar-refractivity contribution in [3.8, 4) is 0 Å². The van der Waals surface area contributed by atoms with Gasteiger partial charge in [0.05, 0.1) is 29.9 Å². The van der Waals surface area contributed by atoms with E-state index in [1.807, 2.05) is 6.08 Å². The highest BCUT2D eigenvalue weighted by Gasteiger charge is 2.16. The molecule has 1 rings (SSSR count). The summed E-state index contributed by atoms with van der Waals surface area (Å²) in [5, 5.41) is 9.15. The molecule has 1 heterocycles. The summed E-state index contributed by atoms with van der Waals surface area (Å²) in [4.78, 5) is 15.5. The summed E-state index contributed by atoms with van der Waals surface area (Å²) in [6.07, 6.45) is 9.27. The molecule has 5 heteroatoms. The fourth-order valence-electron chi connectivity index (χ4n) is 2.24. The second-order valence-corrected chi connectivity index (χ2v) is 5.50. The number of nitrogens with zero attached hydrogens (tertiary/aromatic N) is 1. The highest BCUT2D eigenvalue weighted by atomic mass is 16.5. The van der Waals surface area contributed by atoms with E-state index in [1.54, 1.807) is 32.3 Å². The zero-order chi connectivity index (χ0) is 17.4. The predicted octanol–water partition coefficient (Wildman–Crippen LogP) is 3.96. The van der Waals surface area contributed by atoms with Crippen LogP contribution in [-0.4, -0.2) is 22.7 Å². The molecule has 126 valence electrons. The number of nitrogens with two attached hydrogens (primary N) is 1. The first-order valence-electron chi connectivity index (χ1n) is 7.87. The molecule has 0 aliphatic rings. The van der Waals surface area contributed by atoms with Crippen molar-refractivity contribution in [2.75, 3.05) is 12.3 Å². The number of carboxylic acid groups (broad SMARTS) is 1. The number of nitrogen functional groups attached to an aromatic ring is 1. The molecule has 0 spiro atoms. The fourth-order valence-corrected chi connectivity index (χ4v) is 2.24. The normalized spacial score (nSPS) is 11.7. The van der Waals surface area contributed by atoms with Gasteiger partial charge in [0, 0.05) is 0 Å². The molecular weight excluding hydrogens is 292 g/mol. The van der Waals surface area contributed by atoms with Crippen LogP contribution < -0.4 is 5.73 Å². The number of aromatic carboxylic acids is 1. The Morgan fingerprint density at radius 2 is 1.96 bits per heavy atom. The van der Waals surface area contributed by atoms with Crippen LogP contribution in [0.4, 0.5) is 5.69 Å². The number of aromatic nitrogens is 1. The molecule has 0 saturated carbocycles. The van der Waals surface area contributed by atoms with Crippen LogP contribution in [0.15, 0.2) is 18.4 Å². The minimum absolute atomic E-state index is 0.0729. The largest absolute Gasteiger partial charge is 0.501 e. The number of carboxylic acids is 1. The third-order valence-electron chi connectivity index (χ3n) is 3.95. The molecule has 3 N–H and O–H groups in total. The molecule has 0 amide bonds. The standard InChI is InChI=1S/C18H26N2O3/c1-5-14(6-2)11-23-10-8-7-9-15-12(3)17(19)16(18(21)22)13(4)20-15/h7-10,14H,5-6,11H2,1-4H3,(H2,19,20)(H,21,22)/b9-7-,10-8+. The van der Waals surface area contributed by atoms with E-state index in [4.69, 9.17) is 15.6 Å². The summed E-state index contributed by atoms with van der Waals surface area (Å²) in [5.74, 6) is -0.473. The van der Waals surface area contributed by atoms with Crippen LogP contribution >= 0.6 is 0 Å². The first kappa shape index (κ1) is 18.7. The van der Waals surface area contributed by atoms with Gasteiger partial charge in [-0.05, 0) is 37.5 Å². The summed E-state index contributed by atoms with van der Waals surface area (Å²) in [6.45, 7) is 8.44. The molecule has 0 atom stereocenters. The molecule has 1 aromatic heterocycles. The third-order valence-corrected chi connectivity index (χ3v) is 3.95. The van der Waals surface area contributed by atoms with Gasteiger partial charge in [-0.3, -0.25) is 4.98 Å². The maximum atomic E-state index is 11.2. The van der Waals surface area contributed by atoms with E-state index >= 15 is 0 Å². The average molecular weight is 318 g/mol. The first-order chi connectivity index (χ1) is 10.9. The highest BCUT2D eigenvalue weighted by molar-refractivity contribution is 5.96. The van der Waals surface area contributed by atoms with Gasteiger partial charge >= 0.3 is 5.97 Å². The van der Waals surface area contributed by atoms with Crippen LogP contribution in [0.2, 0.25) is 0 Å². The van der Waals surface area contributed by atoms with Gasteiger partial charge in [-0.15, -0.1) is 0 Å². The predicted molar refractivity (Wildman–Crippen MR) is 93.3 cm³/mol. The van der Waals surface area contributed by atoms with E-state index in [-0.39, 0.29) is 11.3 Å². The summed E-state index contributed by atoms with van der Waals surface area (Å²) in [6, 6.07) is 0. The van der Waals surface area contributed by atoms with Crippen LogP contribution in [0.1, 0.15) is 54.0 Å². The van der Waals surface area contributed by atoms with Crippen LogP contribution in [0.3, 0.4) is 0 Å². The average Bonchev–Trinajstić information content (AvgIpc) is 2.51. The first-order valence-corrected chi connectivity index (χ1v) is 7.87. The van der Waals surface area contributed by atoms with Gasteiger partial charge in [0.25, 0.3) is 0 Å². The lowest BCUT2D eigenvalue weighted by atomic mass is 10.1. The number of carbonyl (C=O) groups is 1. The Labute approximate surface area is 137 Å². The van der Waals surface area contributed by atoms with Crippen molar-refractivity contribution in [3.05, 3.63) is 40.9 Å². The van der Waals surface area contributed by atoms with E-state index in [1.165, 1.54) is 0 Å². The van der Waals surface area contributed by atoms with Gasteiger partial charge in [-0.25, -0.2) is 4.79 Å². The number of aryl methyl sites for hydroxylation is 1.